The standard InChI is InChI=1S/C17H21N3O2/c1-20-16-12-13(5-6-15(16)19-17(20)21)4-2-3-11-22-14-7-9-18-10-8-14/h5-6,12,14,18H,3,7-11H2,1H3,(H,19,21). The Balaban J connectivity index is 1.57. The molecule has 5 heteroatoms. The second kappa shape index (κ2) is 6.82. The highest BCUT2D eigenvalue weighted by Gasteiger charge is 2.12. The number of H-pyrrole nitrogens is 1. The highest BCUT2D eigenvalue weighted by Crippen LogP contribution is 2.11. The van der Waals surface area contributed by atoms with Crippen molar-refractivity contribution >= 4 is 11.0 Å². The molecule has 2 N–H and O–H groups in total. The third-order valence-electron chi connectivity index (χ3n) is 4.00. The number of aryl methyl sites for hydroxylation is 1. The molecule has 116 valence electrons. The fourth-order valence-electron chi connectivity index (χ4n) is 2.70. The van der Waals surface area contributed by atoms with Crippen molar-refractivity contribution in [2.24, 2.45) is 7.05 Å². The van der Waals surface area contributed by atoms with E-state index in [0.717, 1.165) is 48.9 Å². The molecular weight excluding hydrogens is 278 g/mol. The molecule has 1 aliphatic heterocycles. The van der Waals surface area contributed by atoms with Crippen LogP contribution in [0.4, 0.5) is 0 Å². The third kappa shape index (κ3) is 3.41. The van der Waals surface area contributed by atoms with Crippen molar-refractivity contribution in [1.29, 1.82) is 0 Å². The van der Waals surface area contributed by atoms with Gasteiger partial charge >= 0.3 is 5.69 Å². The van der Waals surface area contributed by atoms with E-state index in [1.54, 1.807) is 11.6 Å². The van der Waals surface area contributed by atoms with Gasteiger partial charge in [-0.2, -0.15) is 0 Å². The number of nitrogens with one attached hydrogen (secondary N) is 2. The zero-order valence-electron chi connectivity index (χ0n) is 12.8. The van der Waals surface area contributed by atoms with Crippen molar-refractivity contribution in [2.45, 2.75) is 25.4 Å². The monoisotopic (exact) mass is 299 g/mol. The van der Waals surface area contributed by atoms with Crippen molar-refractivity contribution in [3.05, 3.63) is 34.2 Å². The van der Waals surface area contributed by atoms with Crippen LogP contribution in [-0.2, 0) is 11.8 Å². The molecule has 2 aromatic rings. The maximum atomic E-state index is 11.5. The van der Waals surface area contributed by atoms with Gasteiger partial charge in [0.25, 0.3) is 0 Å². The summed E-state index contributed by atoms with van der Waals surface area (Å²) in [7, 11) is 1.76. The summed E-state index contributed by atoms with van der Waals surface area (Å²) in [5, 5.41) is 3.32. The van der Waals surface area contributed by atoms with Crippen LogP contribution in [0.1, 0.15) is 24.8 Å². The topological polar surface area (TPSA) is 59.0 Å². The smallest absolute Gasteiger partial charge is 0.326 e. The van der Waals surface area contributed by atoms with Gasteiger partial charge in [0.05, 0.1) is 23.7 Å². The quantitative estimate of drug-likeness (QED) is 0.665. The summed E-state index contributed by atoms with van der Waals surface area (Å²) in [6.07, 6.45) is 3.29. The molecule has 0 bridgehead atoms. The summed E-state index contributed by atoms with van der Waals surface area (Å²) in [5.74, 6) is 6.28. The van der Waals surface area contributed by atoms with Crippen LogP contribution < -0.4 is 11.0 Å². The summed E-state index contributed by atoms with van der Waals surface area (Å²) in [6.45, 7) is 2.78. The number of fused-ring (bicyclic) bond motifs is 1. The molecular formula is C17H21N3O2. The number of nitrogens with zero attached hydrogens (tertiary/aromatic N) is 1. The zero-order valence-corrected chi connectivity index (χ0v) is 12.8. The number of benzene rings is 1. The maximum Gasteiger partial charge on any atom is 0.326 e. The molecule has 0 amide bonds. The van der Waals surface area contributed by atoms with E-state index in [4.69, 9.17) is 4.74 Å². The molecule has 0 unspecified atom stereocenters. The number of hydrogen-bond donors (Lipinski definition) is 2. The van der Waals surface area contributed by atoms with Crippen molar-refractivity contribution in [3.8, 4) is 11.8 Å². The average Bonchev–Trinajstić information content (AvgIpc) is 2.83. The molecule has 1 saturated heterocycles. The van der Waals surface area contributed by atoms with Crippen LogP contribution in [-0.4, -0.2) is 35.4 Å². The van der Waals surface area contributed by atoms with Gasteiger partial charge in [0.15, 0.2) is 0 Å². The largest absolute Gasteiger partial charge is 0.377 e. The molecule has 3 rings (SSSR count). The number of piperidine rings is 1. The first-order chi connectivity index (χ1) is 10.7. The van der Waals surface area contributed by atoms with Gasteiger partial charge < -0.3 is 15.0 Å². The molecule has 5 nitrogen and oxygen atoms in total. The number of rotatable bonds is 3. The van der Waals surface area contributed by atoms with E-state index < -0.39 is 0 Å². The molecule has 1 aliphatic rings. The normalized spacial score (nSPS) is 15.7. The summed E-state index contributed by atoms with van der Waals surface area (Å²) >= 11 is 0. The highest BCUT2D eigenvalue weighted by molar-refractivity contribution is 5.76. The summed E-state index contributed by atoms with van der Waals surface area (Å²) in [4.78, 5) is 14.4. The van der Waals surface area contributed by atoms with E-state index in [1.165, 1.54) is 0 Å². The zero-order chi connectivity index (χ0) is 15.4. The van der Waals surface area contributed by atoms with E-state index in [0.29, 0.717) is 12.7 Å². The SMILES string of the molecule is Cn1c(=O)[nH]c2ccc(C#CCCOC3CCNCC3)cc21. The summed E-state index contributed by atoms with van der Waals surface area (Å²) in [6, 6.07) is 5.76. The molecule has 0 aliphatic carbocycles. The number of aromatic nitrogens is 2. The lowest BCUT2D eigenvalue weighted by Gasteiger charge is -2.22. The molecule has 2 heterocycles. The van der Waals surface area contributed by atoms with Crippen molar-refractivity contribution in [3.63, 3.8) is 0 Å². The highest BCUT2D eigenvalue weighted by atomic mass is 16.5. The van der Waals surface area contributed by atoms with Crippen LogP contribution in [0.5, 0.6) is 0 Å². The molecule has 0 spiro atoms. The van der Waals surface area contributed by atoms with Gasteiger partial charge in [-0.25, -0.2) is 4.79 Å². The van der Waals surface area contributed by atoms with Gasteiger partial charge in [-0.1, -0.05) is 11.8 Å². The van der Waals surface area contributed by atoms with E-state index >= 15 is 0 Å². The lowest BCUT2D eigenvalue weighted by atomic mass is 10.1. The Bertz CT molecular complexity index is 758. The van der Waals surface area contributed by atoms with E-state index in [9.17, 15) is 4.79 Å². The number of aromatic amines is 1. The minimum Gasteiger partial charge on any atom is -0.377 e. The molecule has 22 heavy (non-hydrogen) atoms. The van der Waals surface area contributed by atoms with Crippen LogP contribution in [0, 0.1) is 11.8 Å². The Hall–Kier alpha value is -2.03. The number of ether oxygens (including phenoxy) is 1. The first-order valence-corrected chi connectivity index (χ1v) is 7.74. The Morgan fingerprint density at radius 1 is 1.36 bits per heavy atom. The Morgan fingerprint density at radius 3 is 3.00 bits per heavy atom. The average molecular weight is 299 g/mol. The van der Waals surface area contributed by atoms with Gasteiger partial charge in [0, 0.05) is 19.0 Å². The number of hydrogen-bond acceptors (Lipinski definition) is 3. The first kappa shape index (κ1) is 14.9. The molecule has 0 radical (unpaired) electrons. The molecule has 1 fully saturated rings. The van der Waals surface area contributed by atoms with Crippen LogP contribution >= 0.6 is 0 Å². The summed E-state index contributed by atoms with van der Waals surface area (Å²) < 4.78 is 7.42. The van der Waals surface area contributed by atoms with Crippen LogP contribution in [0.25, 0.3) is 11.0 Å². The van der Waals surface area contributed by atoms with Crippen molar-refractivity contribution in [2.75, 3.05) is 19.7 Å². The second-order valence-electron chi connectivity index (χ2n) is 5.59. The maximum absolute atomic E-state index is 11.5. The molecule has 0 atom stereocenters. The van der Waals surface area contributed by atoms with Crippen LogP contribution in [0.2, 0.25) is 0 Å². The first-order valence-electron chi connectivity index (χ1n) is 7.74. The Morgan fingerprint density at radius 2 is 2.18 bits per heavy atom. The van der Waals surface area contributed by atoms with Gasteiger partial charge in [-0.3, -0.25) is 4.57 Å². The minimum atomic E-state index is -0.101. The Labute approximate surface area is 129 Å². The van der Waals surface area contributed by atoms with Gasteiger partial charge in [0.2, 0.25) is 0 Å². The van der Waals surface area contributed by atoms with Crippen LogP contribution in [0.3, 0.4) is 0 Å². The Kier molecular flexibility index (Phi) is 4.62. The lowest BCUT2D eigenvalue weighted by molar-refractivity contribution is 0.0366. The van der Waals surface area contributed by atoms with E-state index in [-0.39, 0.29) is 5.69 Å². The van der Waals surface area contributed by atoms with Crippen LogP contribution in [0.15, 0.2) is 23.0 Å². The van der Waals surface area contributed by atoms with Crippen molar-refractivity contribution < 1.29 is 4.74 Å². The molecule has 0 saturated carbocycles. The fraction of sp³-hybridized carbons (Fsp3) is 0.471. The minimum absolute atomic E-state index is 0.101. The van der Waals surface area contributed by atoms with Gasteiger partial charge in [-0.05, 0) is 44.1 Å². The van der Waals surface area contributed by atoms with Gasteiger partial charge in [-0.15, -0.1) is 0 Å². The molecule has 1 aromatic carbocycles. The predicted molar refractivity (Wildman–Crippen MR) is 86.9 cm³/mol. The third-order valence-corrected chi connectivity index (χ3v) is 4.00. The van der Waals surface area contributed by atoms with E-state index in [2.05, 4.69) is 22.1 Å². The van der Waals surface area contributed by atoms with E-state index in [1.807, 2.05) is 18.2 Å². The fourth-order valence-corrected chi connectivity index (χ4v) is 2.70. The lowest BCUT2D eigenvalue weighted by Crippen LogP contribution is -2.32. The molecule has 1 aromatic heterocycles. The second-order valence-corrected chi connectivity index (χ2v) is 5.59. The van der Waals surface area contributed by atoms with Gasteiger partial charge in [0.1, 0.15) is 0 Å². The number of imidazole rings is 1. The van der Waals surface area contributed by atoms with Crippen molar-refractivity contribution in [1.82, 2.24) is 14.9 Å². The predicted octanol–water partition coefficient (Wildman–Crippen LogP) is 1.38. The summed E-state index contributed by atoms with van der Waals surface area (Å²) in [5.41, 5.74) is 2.54.